The Morgan fingerprint density at radius 2 is 0.505 bits per heavy atom. The number of carbonyl (C=O) groups is 4. The van der Waals surface area contributed by atoms with E-state index in [4.69, 9.17) is 37.0 Å². The first kappa shape index (κ1) is 93.1. The minimum absolute atomic E-state index is 0.106. The first-order valence-corrected chi connectivity index (χ1v) is 42.3. The molecule has 0 fully saturated rings. The Morgan fingerprint density at radius 3 is 0.747 bits per heavy atom. The van der Waals surface area contributed by atoms with E-state index in [1.165, 1.54) is 180 Å². The van der Waals surface area contributed by atoms with E-state index in [2.05, 4.69) is 55.4 Å². The van der Waals surface area contributed by atoms with Gasteiger partial charge >= 0.3 is 39.5 Å². The van der Waals surface area contributed by atoms with E-state index in [-0.39, 0.29) is 25.7 Å². The minimum Gasteiger partial charge on any atom is -0.462 e. The molecule has 7 atom stereocenters. The summed E-state index contributed by atoms with van der Waals surface area (Å²) >= 11 is 0. The second-order valence-corrected chi connectivity index (χ2v) is 31.7. The summed E-state index contributed by atoms with van der Waals surface area (Å²) < 4.78 is 68.5. The SMILES string of the molecule is CCC(C)CCCCCCCCCCCCCCCCC(=O)O[C@H](COC(=O)CCCCCCCCCCC(C)C)COP(=O)(O)OC[C@@H](O)COP(=O)(O)OC[C@@H](COC(=O)CCCCCCCCC(C)CC)OC(=O)CCCCCCCCCCCCCCCC(C)C. The number of aliphatic hydroxyl groups is 1. The van der Waals surface area contributed by atoms with E-state index in [0.29, 0.717) is 25.7 Å². The van der Waals surface area contributed by atoms with Crippen molar-refractivity contribution in [3.8, 4) is 0 Å². The first-order valence-electron chi connectivity index (χ1n) is 39.3. The topological polar surface area (TPSA) is 237 Å². The second-order valence-electron chi connectivity index (χ2n) is 28.8. The number of rotatable bonds is 73. The molecule has 0 aromatic rings. The summed E-state index contributed by atoms with van der Waals surface area (Å²) in [6, 6.07) is 0. The Morgan fingerprint density at radius 1 is 0.295 bits per heavy atom. The highest BCUT2D eigenvalue weighted by atomic mass is 31.2. The maximum atomic E-state index is 13.1. The maximum Gasteiger partial charge on any atom is 0.472 e. The molecule has 95 heavy (non-hydrogen) atoms. The molecule has 0 aliphatic rings. The lowest BCUT2D eigenvalue weighted by atomic mass is 9.99. The van der Waals surface area contributed by atoms with Crippen LogP contribution in [-0.4, -0.2) is 96.7 Å². The number of carbonyl (C=O) groups excluding carboxylic acids is 4. The van der Waals surface area contributed by atoms with Crippen LogP contribution in [0.5, 0.6) is 0 Å². The molecule has 0 aliphatic heterocycles. The van der Waals surface area contributed by atoms with Crippen LogP contribution in [0.15, 0.2) is 0 Å². The van der Waals surface area contributed by atoms with Crippen molar-refractivity contribution in [1.29, 1.82) is 0 Å². The summed E-state index contributed by atoms with van der Waals surface area (Å²) in [5.41, 5.74) is 0. The molecule has 4 unspecified atom stereocenters. The number of ether oxygens (including phenoxy) is 4. The fourth-order valence-electron chi connectivity index (χ4n) is 11.5. The van der Waals surface area contributed by atoms with Gasteiger partial charge in [0.1, 0.15) is 19.3 Å². The molecule has 17 nitrogen and oxygen atoms in total. The predicted octanol–water partition coefficient (Wildman–Crippen LogP) is 22.0. The summed E-state index contributed by atoms with van der Waals surface area (Å²) in [5, 5.41) is 10.6. The van der Waals surface area contributed by atoms with Crippen LogP contribution in [0.2, 0.25) is 0 Å². The van der Waals surface area contributed by atoms with Crippen LogP contribution >= 0.6 is 15.6 Å². The maximum absolute atomic E-state index is 13.1. The number of phosphoric acid groups is 2. The van der Waals surface area contributed by atoms with Gasteiger partial charge in [-0.05, 0) is 49.4 Å². The molecule has 0 aliphatic carbocycles. The fraction of sp³-hybridized carbons (Fsp3) is 0.947. The van der Waals surface area contributed by atoms with E-state index in [9.17, 15) is 43.2 Å². The van der Waals surface area contributed by atoms with Crippen molar-refractivity contribution in [2.75, 3.05) is 39.6 Å². The van der Waals surface area contributed by atoms with Gasteiger partial charge < -0.3 is 33.8 Å². The van der Waals surface area contributed by atoms with Gasteiger partial charge in [0.2, 0.25) is 0 Å². The summed E-state index contributed by atoms with van der Waals surface area (Å²) in [6.45, 7) is 14.2. The predicted molar refractivity (Wildman–Crippen MR) is 386 cm³/mol. The summed E-state index contributed by atoms with van der Waals surface area (Å²) in [7, 11) is -9.91. The molecule has 0 amide bonds. The molecule has 0 spiro atoms. The van der Waals surface area contributed by atoms with Crippen LogP contribution in [-0.2, 0) is 65.4 Å². The average Bonchev–Trinajstić information content (AvgIpc) is 1.29. The van der Waals surface area contributed by atoms with Crippen LogP contribution in [0.4, 0.5) is 0 Å². The lowest BCUT2D eigenvalue weighted by molar-refractivity contribution is -0.161. The van der Waals surface area contributed by atoms with Crippen LogP contribution in [0, 0.1) is 23.7 Å². The zero-order valence-electron chi connectivity index (χ0n) is 62.3. The highest BCUT2D eigenvalue weighted by Gasteiger charge is 2.30. The molecule has 0 saturated carbocycles. The van der Waals surface area contributed by atoms with E-state index in [1.807, 2.05) is 0 Å². The van der Waals surface area contributed by atoms with Crippen molar-refractivity contribution in [2.45, 2.75) is 401 Å². The largest absolute Gasteiger partial charge is 0.472 e. The molecule has 3 N–H and O–H groups in total. The van der Waals surface area contributed by atoms with E-state index < -0.39 is 97.5 Å². The van der Waals surface area contributed by atoms with Gasteiger partial charge in [0.25, 0.3) is 0 Å². The van der Waals surface area contributed by atoms with Crippen molar-refractivity contribution in [3.05, 3.63) is 0 Å². The van der Waals surface area contributed by atoms with Gasteiger partial charge in [-0.1, -0.05) is 331 Å². The molecule has 0 saturated heterocycles. The van der Waals surface area contributed by atoms with Gasteiger partial charge in [-0.2, -0.15) is 0 Å². The number of unbranched alkanes of at least 4 members (excludes halogenated alkanes) is 37. The molecule has 0 rings (SSSR count). The first-order chi connectivity index (χ1) is 45.7. The number of esters is 4. The van der Waals surface area contributed by atoms with Crippen molar-refractivity contribution in [1.82, 2.24) is 0 Å². The molecule has 0 aromatic carbocycles. The monoisotopic (exact) mass is 1400 g/mol. The lowest BCUT2D eigenvalue weighted by Crippen LogP contribution is -2.30. The lowest BCUT2D eigenvalue weighted by Gasteiger charge is -2.21. The van der Waals surface area contributed by atoms with Gasteiger partial charge in [0.05, 0.1) is 26.4 Å². The fourth-order valence-corrected chi connectivity index (χ4v) is 13.1. The molecular formula is C76H148O17P2. The molecule has 19 heteroatoms. The zero-order valence-corrected chi connectivity index (χ0v) is 64.1. The molecule has 0 heterocycles. The van der Waals surface area contributed by atoms with Crippen molar-refractivity contribution in [3.63, 3.8) is 0 Å². The van der Waals surface area contributed by atoms with Gasteiger partial charge in [-0.3, -0.25) is 37.3 Å². The third-order valence-corrected chi connectivity index (χ3v) is 20.2. The van der Waals surface area contributed by atoms with Crippen molar-refractivity contribution >= 4 is 39.5 Å². The Bertz CT molecular complexity index is 1870. The third kappa shape index (κ3) is 67.6. The van der Waals surface area contributed by atoms with Gasteiger partial charge in [0.15, 0.2) is 12.2 Å². The number of hydrogen-bond acceptors (Lipinski definition) is 15. The zero-order chi connectivity index (χ0) is 70.3. The van der Waals surface area contributed by atoms with Crippen molar-refractivity contribution < 1.29 is 80.2 Å². The quantitative estimate of drug-likeness (QED) is 0.0222. The highest BCUT2D eigenvalue weighted by Crippen LogP contribution is 2.45. The summed E-state index contributed by atoms with van der Waals surface area (Å²) in [4.78, 5) is 72.8. The Labute approximate surface area is 581 Å². The smallest absolute Gasteiger partial charge is 0.462 e. The number of aliphatic hydroxyl groups excluding tert-OH is 1. The minimum atomic E-state index is -4.96. The normalized spacial score (nSPS) is 14.7. The Balaban J connectivity index is 5.23. The standard InChI is InChI=1S/C76H148O17P2/c1-9-68(7)54-46-38-30-23-19-15-11-12-16-20-24-32-42-50-58-75(80)92-71(62-86-73(78)56-48-40-31-27-26-29-37-45-53-67(5)6)64-90-94(82,83)88-60-70(77)61-89-95(84,85)91-65-72(63-87-74(79)57-49-41-35-34-39-47-55-69(8)10-2)93-76(81)59-51-43-33-25-21-17-13-14-18-22-28-36-44-52-66(3)4/h66-72,77H,9-65H2,1-8H3,(H,82,83)(H,84,85)/t68?,69?,70-,71-,72-/m1/s1. The van der Waals surface area contributed by atoms with Crippen LogP contribution in [0.1, 0.15) is 383 Å². The van der Waals surface area contributed by atoms with Gasteiger partial charge in [-0.15, -0.1) is 0 Å². The summed E-state index contributed by atoms with van der Waals surface area (Å²) in [5.74, 6) is 0.967. The average molecular weight is 1400 g/mol. The molecule has 564 valence electrons. The van der Waals surface area contributed by atoms with Crippen LogP contribution in [0.3, 0.4) is 0 Å². The van der Waals surface area contributed by atoms with Gasteiger partial charge in [-0.25, -0.2) is 9.13 Å². The molecular weight excluding hydrogens is 1250 g/mol. The molecule has 0 bridgehead atoms. The van der Waals surface area contributed by atoms with Crippen LogP contribution in [0.25, 0.3) is 0 Å². The Hall–Kier alpha value is -1.94. The Kier molecular flexibility index (Phi) is 64.0. The van der Waals surface area contributed by atoms with E-state index >= 15 is 0 Å². The van der Waals surface area contributed by atoms with Gasteiger partial charge in [0, 0.05) is 25.7 Å². The van der Waals surface area contributed by atoms with E-state index in [0.717, 1.165) is 120 Å². The highest BCUT2D eigenvalue weighted by molar-refractivity contribution is 7.47. The van der Waals surface area contributed by atoms with Crippen molar-refractivity contribution in [2.24, 2.45) is 23.7 Å². The number of phosphoric ester groups is 2. The van der Waals surface area contributed by atoms with Crippen LogP contribution < -0.4 is 0 Å². The second kappa shape index (κ2) is 65.4. The summed E-state index contributed by atoms with van der Waals surface area (Å²) in [6.07, 6.45) is 49.9. The molecule has 0 aromatic heterocycles. The molecule has 0 radical (unpaired) electrons. The van der Waals surface area contributed by atoms with E-state index in [1.54, 1.807) is 0 Å². The number of hydrogen-bond donors (Lipinski definition) is 3. The third-order valence-electron chi connectivity index (χ3n) is 18.3.